The first-order valence-corrected chi connectivity index (χ1v) is 6.65. The van der Waals surface area contributed by atoms with E-state index in [1.807, 2.05) is 19.2 Å². The molecule has 21 heavy (non-hydrogen) atoms. The van der Waals surface area contributed by atoms with Gasteiger partial charge in [0.25, 0.3) is 0 Å². The number of hydrogen-bond acceptors (Lipinski definition) is 4. The van der Waals surface area contributed by atoms with Crippen LogP contribution in [0.25, 0.3) is 6.08 Å². The number of aromatic nitrogens is 2. The molecule has 0 N–H and O–H groups in total. The molecule has 0 unspecified atom stereocenters. The zero-order chi connectivity index (χ0) is 15.2. The Balaban J connectivity index is 2.22. The van der Waals surface area contributed by atoms with Crippen LogP contribution in [0.4, 0.5) is 0 Å². The van der Waals surface area contributed by atoms with Crippen molar-refractivity contribution in [1.29, 1.82) is 0 Å². The van der Waals surface area contributed by atoms with Gasteiger partial charge in [-0.15, -0.1) is 0 Å². The van der Waals surface area contributed by atoms with Crippen molar-refractivity contribution < 1.29 is 14.3 Å². The molecule has 0 spiro atoms. The Kier molecular flexibility index (Phi) is 4.77. The Labute approximate surface area is 123 Å². The molecule has 0 radical (unpaired) electrons. The van der Waals surface area contributed by atoms with Crippen LogP contribution in [0.1, 0.15) is 23.0 Å². The maximum atomic E-state index is 12.3. The molecule has 0 saturated carbocycles. The first-order valence-electron chi connectivity index (χ1n) is 6.65. The van der Waals surface area contributed by atoms with Gasteiger partial charge in [0, 0.05) is 12.7 Å². The topological polar surface area (TPSA) is 53.4 Å². The van der Waals surface area contributed by atoms with Crippen molar-refractivity contribution in [2.75, 3.05) is 14.2 Å². The molecule has 0 aliphatic carbocycles. The van der Waals surface area contributed by atoms with Gasteiger partial charge in [0.1, 0.15) is 11.5 Å². The van der Waals surface area contributed by atoms with Crippen molar-refractivity contribution >= 4 is 11.9 Å². The molecule has 0 atom stereocenters. The van der Waals surface area contributed by atoms with Crippen molar-refractivity contribution in [1.82, 2.24) is 9.78 Å². The molecule has 0 aliphatic rings. The molecule has 1 aromatic carbocycles. The van der Waals surface area contributed by atoms with E-state index in [-0.39, 0.29) is 5.78 Å². The van der Waals surface area contributed by atoms with Crippen LogP contribution in [-0.4, -0.2) is 29.8 Å². The fourth-order valence-corrected chi connectivity index (χ4v) is 1.90. The molecule has 0 aliphatic heterocycles. The van der Waals surface area contributed by atoms with E-state index in [1.165, 1.54) is 13.2 Å². The SMILES string of the molecule is CCn1ccc(/C=C/C(=O)c2cc(OC)ccc2OC)n1. The Morgan fingerprint density at radius 3 is 2.71 bits per heavy atom. The van der Waals surface area contributed by atoms with Gasteiger partial charge >= 0.3 is 0 Å². The predicted molar refractivity (Wildman–Crippen MR) is 80.8 cm³/mol. The normalized spacial score (nSPS) is 10.8. The average Bonchev–Trinajstić information content (AvgIpc) is 3.00. The summed E-state index contributed by atoms with van der Waals surface area (Å²) in [5.74, 6) is 0.976. The van der Waals surface area contributed by atoms with Crippen LogP contribution in [0, 0.1) is 0 Å². The number of benzene rings is 1. The van der Waals surface area contributed by atoms with Gasteiger partial charge in [0.2, 0.25) is 0 Å². The highest BCUT2D eigenvalue weighted by molar-refractivity contribution is 6.08. The maximum Gasteiger partial charge on any atom is 0.189 e. The molecular weight excluding hydrogens is 268 g/mol. The zero-order valence-electron chi connectivity index (χ0n) is 12.4. The second kappa shape index (κ2) is 6.74. The van der Waals surface area contributed by atoms with Crippen LogP contribution in [-0.2, 0) is 6.54 Å². The lowest BCUT2D eigenvalue weighted by molar-refractivity contribution is 0.104. The first-order chi connectivity index (χ1) is 10.2. The van der Waals surface area contributed by atoms with E-state index in [9.17, 15) is 4.79 Å². The van der Waals surface area contributed by atoms with Gasteiger partial charge in [0.15, 0.2) is 5.78 Å². The number of hydrogen-bond donors (Lipinski definition) is 0. The van der Waals surface area contributed by atoms with Crippen LogP contribution in [0.3, 0.4) is 0 Å². The summed E-state index contributed by atoms with van der Waals surface area (Å²) in [7, 11) is 3.09. The molecule has 5 heteroatoms. The first kappa shape index (κ1) is 14.8. The lowest BCUT2D eigenvalue weighted by Gasteiger charge is -2.07. The highest BCUT2D eigenvalue weighted by Gasteiger charge is 2.11. The molecule has 0 amide bonds. The van der Waals surface area contributed by atoms with Crippen LogP contribution < -0.4 is 9.47 Å². The van der Waals surface area contributed by atoms with Gasteiger partial charge in [-0.05, 0) is 43.3 Å². The number of methoxy groups -OCH3 is 2. The summed E-state index contributed by atoms with van der Waals surface area (Å²) < 4.78 is 12.1. The largest absolute Gasteiger partial charge is 0.497 e. The number of allylic oxidation sites excluding steroid dienone is 1. The van der Waals surface area contributed by atoms with Crippen LogP contribution >= 0.6 is 0 Å². The third kappa shape index (κ3) is 3.51. The summed E-state index contributed by atoms with van der Waals surface area (Å²) >= 11 is 0. The monoisotopic (exact) mass is 286 g/mol. The second-order valence-corrected chi connectivity index (χ2v) is 4.36. The predicted octanol–water partition coefficient (Wildman–Crippen LogP) is 2.82. The van der Waals surface area contributed by atoms with Crippen LogP contribution in [0.5, 0.6) is 11.5 Å². The van der Waals surface area contributed by atoms with Crippen molar-refractivity contribution in [3.63, 3.8) is 0 Å². The van der Waals surface area contributed by atoms with Crippen LogP contribution in [0.2, 0.25) is 0 Å². The Bertz CT molecular complexity index is 659. The fourth-order valence-electron chi connectivity index (χ4n) is 1.90. The number of nitrogens with zero attached hydrogens (tertiary/aromatic N) is 2. The third-order valence-corrected chi connectivity index (χ3v) is 3.06. The number of aryl methyl sites for hydroxylation is 1. The highest BCUT2D eigenvalue weighted by Crippen LogP contribution is 2.24. The van der Waals surface area contributed by atoms with Gasteiger partial charge in [0.05, 0.1) is 25.5 Å². The van der Waals surface area contributed by atoms with Crippen molar-refractivity contribution in [3.8, 4) is 11.5 Å². The second-order valence-electron chi connectivity index (χ2n) is 4.36. The van der Waals surface area contributed by atoms with E-state index >= 15 is 0 Å². The number of ketones is 1. The van der Waals surface area contributed by atoms with E-state index < -0.39 is 0 Å². The molecule has 1 aromatic heterocycles. The Hall–Kier alpha value is -2.56. The molecule has 0 saturated heterocycles. The number of carbonyl (C=O) groups excluding carboxylic acids is 1. The molecular formula is C16H18N2O3. The van der Waals surface area contributed by atoms with Crippen molar-refractivity contribution in [2.45, 2.75) is 13.5 Å². The lowest BCUT2D eigenvalue weighted by Crippen LogP contribution is -2.00. The number of carbonyl (C=O) groups is 1. The molecule has 2 aromatic rings. The Morgan fingerprint density at radius 2 is 2.10 bits per heavy atom. The van der Waals surface area contributed by atoms with Gasteiger partial charge in [-0.2, -0.15) is 5.10 Å². The van der Waals surface area contributed by atoms with Gasteiger partial charge in [-0.3, -0.25) is 9.48 Å². The average molecular weight is 286 g/mol. The minimum atomic E-state index is -0.156. The minimum Gasteiger partial charge on any atom is -0.497 e. The maximum absolute atomic E-state index is 12.3. The van der Waals surface area contributed by atoms with E-state index in [4.69, 9.17) is 9.47 Å². The standard InChI is InChI=1S/C16H18N2O3/c1-4-18-10-9-12(17-18)5-7-15(19)14-11-13(20-2)6-8-16(14)21-3/h5-11H,4H2,1-3H3/b7-5+. The Morgan fingerprint density at radius 1 is 1.29 bits per heavy atom. The fraction of sp³-hybridized carbons (Fsp3) is 0.250. The molecule has 0 fully saturated rings. The number of ether oxygens (including phenoxy) is 2. The molecule has 110 valence electrons. The van der Waals surface area contributed by atoms with Crippen molar-refractivity contribution in [2.24, 2.45) is 0 Å². The van der Waals surface area contributed by atoms with E-state index in [0.29, 0.717) is 17.1 Å². The summed E-state index contributed by atoms with van der Waals surface area (Å²) in [5.41, 5.74) is 1.20. The van der Waals surface area contributed by atoms with E-state index in [0.717, 1.165) is 12.2 Å². The summed E-state index contributed by atoms with van der Waals surface area (Å²) in [6.07, 6.45) is 5.04. The number of rotatable bonds is 6. The summed E-state index contributed by atoms with van der Waals surface area (Å²) in [6, 6.07) is 6.99. The third-order valence-electron chi connectivity index (χ3n) is 3.06. The molecule has 2 rings (SSSR count). The molecule has 0 bridgehead atoms. The van der Waals surface area contributed by atoms with E-state index in [2.05, 4.69) is 5.10 Å². The molecule has 1 heterocycles. The lowest BCUT2D eigenvalue weighted by atomic mass is 10.1. The van der Waals surface area contributed by atoms with Gasteiger partial charge in [-0.1, -0.05) is 0 Å². The summed E-state index contributed by atoms with van der Waals surface area (Å²) in [6.45, 7) is 2.80. The summed E-state index contributed by atoms with van der Waals surface area (Å²) in [5, 5.41) is 4.29. The zero-order valence-corrected chi connectivity index (χ0v) is 12.4. The van der Waals surface area contributed by atoms with Gasteiger partial charge in [-0.25, -0.2) is 0 Å². The van der Waals surface area contributed by atoms with Crippen molar-refractivity contribution in [3.05, 3.63) is 47.8 Å². The highest BCUT2D eigenvalue weighted by atomic mass is 16.5. The minimum absolute atomic E-state index is 0.156. The smallest absolute Gasteiger partial charge is 0.189 e. The molecule has 5 nitrogen and oxygen atoms in total. The summed E-state index contributed by atoms with van der Waals surface area (Å²) in [4.78, 5) is 12.3. The van der Waals surface area contributed by atoms with Crippen LogP contribution in [0.15, 0.2) is 36.5 Å². The van der Waals surface area contributed by atoms with Gasteiger partial charge < -0.3 is 9.47 Å². The quantitative estimate of drug-likeness (QED) is 0.605. The van der Waals surface area contributed by atoms with E-state index in [1.54, 1.807) is 36.1 Å².